The largest absolute Gasteiger partial charge is 0.362 e. The van der Waals surface area contributed by atoms with Gasteiger partial charge in [-0.15, -0.1) is 11.3 Å². The maximum Gasteiger partial charge on any atom is 0.253 e. The van der Waals surface area contributed by atoms with Crippen molar-refractivity contribution in [2.24, 2.45) is 5.92 Å². The maximum absolute atomic E-state index is 12.4. The monoisotopic (exact) mass is 481 g/mol. The molecule has 1 saturated carbocycles. The van der Waals surface area contributed by atoms with Crippen LogP contribution in [-0.4, -0.2) is 42.6 Å². The van der Waals surface area contributed by atoms with E-state index < -0.39 is 0 Å². The number of nitrogens with one attached hydrogen (secondary N) is 2. The van der Waals surface area contributed by atoms with Crippen LogP contribution in [0.3, 0.4) is 0 Å². The minimum absolute atomic E-state index is 0.146. The van der Waals surface area contributed by atoms with Gasteiger partial charge in [-0.1, -0.05) is 23.2 Å². The molecular weight excluding hydrogens is 453 g/mol. The molecule has 2 aromatic rings. The van der Waals surface area contributed by atoms with Gasteiger partial charge in [0, 0.05) is 32.2 Å². The van der Waals surface area contributed by atoms with Gasteiger partial charge in [-0.25, -0.2) is 4.98 Å². The minimum atomic E-state index is -0.146. The number of carbonyl (C=O) groups excluding carboxylic acids is 1. The molecule has 31 heavy (non-hydrogen) atoms. The normalized spacial score (nSPS) is 20.8. The second kappa shape index (κ2) is 9.92. The summed E-state index contributed by atoms with van der Waals surface area (Å²) in [6, 6.07) is 2.00. The van der Waals surface area contributed by atoms with Crippen LogP contribution >= 0.6 is 34.5 Å². The highest BCUT2D eigenvalue weighted by molar-refractivity contribution is 7.20. The predicted octanol–water partition coefficient (Wildman–Crippen LogP) is 5.19. The summed E-state index contributed by atoms with van der Waals surface area (Å²) in [7, 11) is 4.11. The van der Waals surface area contributed by atoms with E-state index in [1.807, 2.05) is 0 Å². The summed E-state index contributed by atoms with van der Waals surface area (Å²) in [5, 5.41) is 6.60. The van der Waals surface area contributed by atoms with E-state index in [4.69, 9.17) is 33.2 Å². The van der Waals surface area contributed by atoms with Crippen molar-refractivity contribution in [3.8, 4) is 0 Å². The molecule has 0 atom stereocenters. The second-order valence-electron chi connectivity index (χ2n) is 8.71. The summed E-state index contributed by atoms with van der Waals surface area (Å²) in [6.45, 7) is 0.662. The Morgan fingerprint density at radius 2 is 1.90 bits per heavy atom. The Morgan fingerprint density at radius 3 is 2.58 bits per heavy atom. The zero-order valence-electron chi connectivity index (χ0n) is 18.0. The third-order valence-electron chi connectivity index (χ3n) is 6.22. The molecule has 2 N–H and O–H groups in total. The fourth-order valence-corrected chi connectivity index (χ4v) is 5.99. The lowest BCUT2D eigenvalue weighted by Gasteiger charge is -2.30. The molecule has 2 aromatic heterocycles. The summed E-state index contributed by atoms with van der Waals surface area (Å²) < 4.78 is 0.973. The molecule has 2 aliphatic rings. The van der Waals surface area contributed by atoms with Gasteiger partial charge in [0.2, 0.25) is 5.95 Å². The van der Waals surface area contributed by atoms with Crippen LogP contribution < -0.4 is 15.5 Å². The Balaban J connectivity index is 1.30. The summed E-state index contributed by atoms with van der Waals surface area (Å²) >= 11 is 13.2. The van der Waals surface area contributed by atoms with E-state index in [0.717, 1.165) is 50.3 Å². The lowest BCUT2D eigenvalue weighted by molar-refractivity contribution is 0.0944. The molecular formula is C22H29Cl2N5OS. The molecule has 0 spiro atoms. The highest BCUT2D eigenvalue weighted by atomic mass is 35.5. The van der Waals surface area contributed by atoms with Crippen molar-refractivity contribution in [3.05, 3.63) is 31.6 Å². The highest BCUT2D eigenvalue weighted by Crippen LogP contribution is 2.32. The van der Waals surface area contributed by atoms with Crippen LogP contribution in [0.15, 0.2) is 6.07 Å². The van der Waals surface area contributed by atoms with Gasteiger partial charge >= 0.3 is 0 Å². The molecule has 0 aromatic carbocycles. The zero-order valence-corrected chi connectivity index (χ0v) is 20.3. The van der Waals surface area contributed by atoms with E-state index in [9.17, 15) is 4.79 Å². The molecule has 0 bridgehead atoms. The molecule has 2 heterocycles. The topological polar surface area (TPSA) is 70.2 Å². The summed E-state index contributed by atoms with van der Waals surface area (Å²) in [5.41, 5.74) is 2.98. The average molecular weight is 482 g/mol. The Hall–Kier alpha value is -1.57. The molecule has 0 radical (unpaired) electrons. The number of nitrogens with zero attached hydrogens (tertiary/aromatic N) is 3. The summed E-state index contributed by atoms with van der Waals surface area (Å²) in [6.07, 6.45) is 8.74. The van der Waals surface area contributed by atoms with Crippen LogP contribution in [0.2, 0.25) is 8.67 Å². The number of thiophene rings is 1. The Morgan fingerprint density at radius 1 is 1.16 bits per heavy atom. The molecule has 0 aliphatic heterocycles. The minimum Gasteiger partial charge on any atom is -0.362 e. The fraction of sp³-hybridized carbons (Fsp3) is 0.591. The SMILES string of the molecule is CN(C)c1nc(NC2CCC(CNC(=O)c3cc(Cl)sc3Cl)CC2)nc2c1CCCC2. The van der Waals surface area contributed by atoms with Crippen LogP contribution in [0.25, 0.3) is 0 Å². The number of hydrogen-bond acceptors (Lipinski definition) is 6. The average Bonchev–Trinajstić information content (AvgIpc) is 3.10. The van der Waals surface area contributed by atoms with Gasteiger partial charge in [0.05, 0.1) is 15.6 Å². The fourth-order valence-electron chi connectivity index (χ4n) is 4.53. The molecule has 168 valence electrons. The van der Waals surface area contributed by atoms with E-state index in [0.29, 0.717) is 32.7 Å². The van der Waals surface area contributed by atoms with E-state index >= 15 is 0 Å². The number of halogens is 2. The van der Waals surface area contributed by atoms with Gasteiger partial charge in [0.15, 0.2) is 0 Å². The third kappa shape index (κ3) is 5.44. The van der Waals surface area contributed by atoms with E-state index in [1.54, 1.807) is 6.07 Å². The first-order chi connectivity index (χ1) is 14.9. The summed E-state index contributed by atoms with van der Waals surface area (Å²) in [4.78, 5) is 24.1. The second-order valence-corrected chi connectivity index (χ2v) is 11.0. The van der Waals surface area contributed by atoms with E-state index in [2.05, 4.69) is 29.6 Å². The molecule has 2 aliphatic carbocycles. The van der Waals surface area contributed by atoms with Crippen LogP contribution in [0.5, 0.6) is 0 Å². The van der Waals surface area contributed by atoms with Crippen molar-refractivity contribution in [3.63, 3.8) is 0 Å². The predicted molar refractivity (Wildman–Crippen MR) is 129 cm³/mol. The standard InChI is InChI=1S/C22H29Cl2N5OS/c1-29(2)20-15-5-3-4-6-17(15)27-22(28-20)26-14-9-7-13(8-10-14)12-25-21(30)16-11-18(23)31-19(16)24/h11,13-14H,3-10,12H2,1-2H3,(H,25,30)(H,26,27,28). The summed E-state index contributed by atoms with van der Waals surface area (Å²) in [5.74, 6) is 2.13. The molecule has 6 nitrogen and oxygen atoms in total. The third-order valence-corrected chi connectivity index (χ3v) is 7.71. The Labute approximate surface area is 197 Å². The quantitative estimate of drug-likeness (QED) is 0.593. The number of fused-ring (bicyclic) bond motifs is 1. The van der Waals surface area contributed by atoms with Gasteiger partial charge in [-0.2, -0.15) is 4.98 Å². The molecule has 0 unspecified atom stereocenters. The van der Waals surface area contributed by atoms with E-state index in [-0.39, 0.29) is 5.91 Å². The number of rotatable bonds is 6. The van der Waals surface area contributed by atoms with Gasteiger partial charge < -0.3 is 15.5 Å². The molecule has 4 rings (SSSR count). The van der Waals surface area contributed by atoms with E-state index in [1.165, 1.54) is 35.4 Å². The van der Waals surface area contributed by atoms with Crippen LogP contribution in [0, 0.1) is 5.92 Å². The van der Waals surface area contributed by atoms with Gasteiger partial charge in [-0.05, 0) is 63.4 Å². The maximum atomic E-state index is 12.4. The van der Waals surface area contributed by atoms with Gasteiger partial charge in [0.1, 0.15) is 10.2 Å². The highest BCUT2D eigenvalue weighted by Gasteiger charge is 2.25. The Bertz CT molecular complexity index is 940. The van der Waals surface area contributed by atoms with Crippen LogP contribution in [-0.2, 0) is 12.8 Å². The zero-order chi connectivity index (χ0) is 22.0. The first-order valence-electron chi connectivity index (χ1n) is 11.0. The van der Waals surface area contributed by atoms with Crippen molar-refractivity contribution in [1.82, 2.24) is 15.3 Å². The lowest BCUT2D eigenvalue weighted by Crippen LogP contribution is -2.34. The van der Waals surface area contributed by atoms with Gasteiger partial charge in [-0.3, -0.25) is 4.79 Å². The number of hydrogen-bond donors (Lipinski definition) is 2. The van der Waals surface area contributed by atoms with Crippen molar-refractivity contribution in [1.29, 1.82) is 0 Å². The number of carbonyl (C=O) groups is 1. The van der Waals surface area contributed by atoms with Crippen molar-refractivity contribution < 1.29 is 4.79 Å². The molecule has 1 fully saturated rings. The van der Waals surface area contributed by atoms with Crippen molar-refractivity contribution >= 4 is 52.2 Å². The first kappa shape index (κ1) is 22.6. The van der Waals surface area contributed by atoms with Crippen LogP contribution in [0.1, 0.15) is 60.1 Å². The van der Waals surface area contributed by atoms with Crippen LogP contribution in [0.4, 0.5) is 11.8 Å². The van der Waals surface area contributed by atoms with Crippen molar-refractivity contribution in [2.45, 2.75) is 57.4 Å². The van der Waals surface area contributed by atoms with Crippen molar-refractivity contribution in [2.75, 3.05) is 30.9 Å². The molecule has 1 amide bonds. The molecule has 0 saturated heterocycles. The Kier molecular flexibility index (Phi) is 7.24. The smallest absolute Gasteiger partial charge is 0.253 e. The number of amides is 1. The first-order valence-corrected chi connectivity index (χ1v) is 12.5. The lowest BCUT2D eigenvalue weighted by atomic mass is 9.86. The number of aromatic nitrogens is 2. The molecule has 9 heteroatoms. The number of aryl methyl sites for hydroxylation is 1. The number of anilines is 2. The van der Waals surface area contributed by atoms with Gasteiger partial charge in [0.25, 0.3) is 5.91 Å².